The van der Waals surface area contributed by atoms with E-state index in [-0.39, 0.29) is 24.0 Å². The standard InChI is InChI=1S/C21H24N2O6S/c1-3-28-17-13-15(6-7-16(17)27-2)21(26)29-14-19(24)22-8-10-23(11-9-22)20(25)18-5-4-12-30-18/h4-7,12-13H,3,8-11,14H2,1-2H3. The molecule has 2 heterocycles. The van der Waals surface area contributed by atoms with Gasteiger partial charge in [0.15, 0.2) is 18.1 Å². The number of benzene rings is 1. The largest absolute Gasteiger partial charge is 0.493 e. The Morgan fingerprint density at radius 1 is 1.03 bits per heavy atom. The molecule has 1 saturated heterocycles. The summed E-state index contributed by atoms with van der Waals surface area (Å²) in [6.45, 7) is 3.62. The molecule has 0 spiro atoms. The predicted molar refractivity (Wildman–Crippen MR) is 111 cm³/mol. The molecule has 8 nitrogen and oxygen atoms in total. The fraction of sp³-hybridized carbons (Fsp3) is 0.381. The molecule has 9 heteroatoms. The summed E-state index contributed by atoms with van der Waals surface area (Å²) < 4.78 is 15.8. The quantitative estimate of drug-likeness (QED) is 0.624. The average molecular weight is 432 g/mol. The molecule has 3 rings (SSSR count). The lowest BCUT2D eigenvalue weighted by molar-refractivity contribution is -0.136. The highest BCUT2D eigenvalue weighted by molar-refractivity contribution is 7.12. The maximum atomic E-state index is 12.4. The first-order chi connectivity index (χ1) is 14.5. The summed E-state index contributed by atoms with van der Waals surface area (Å²) in [7, 11) is 1.52. The molecule has 0 saturated carbocycles. The van der Waals surface area contributed by atoms with Gasteiger partial charge in [-0.25, -0.2) is 4.79 Å². The summed E-state index contributed by atoms with van der Waals surface area (Å²) >= 11 is 1.40. The topological polar surface area (TPSA) is 85.4 Å². The number of amides is 2. The molecule has 1 aliphatic rings. The third kappa shape index (κ3) is 5.10. The van der Waals surface area contributed by atoms with Gasteiger partial charge in [-0.15, -0.1) is 11.3 Å². The highest BCUT2D eigenvalue weighted by Gasteiger charge is 2.26. The molecular formula is C21H24N2O6S. The summed E-state index contributed by atoms with van der Waals surface area (Å²) in [6, 6.07) is 8.34. The van der Waals surface area contributed by atoms with Crippen molar-refractivity contribution in [2.24, 2.45) is 0 Å². The van der Waals surface area contributed by atoms with Crippen molar-refractivity contribution >= 4 is 29.1 Å². The van der Waals surface area contributed by atoms with Crippen LogP contribution in [0.1, 0.15) is 27.0 Å². The number of piperazine rings is 1. The molecule has 2 aromatic rings. The van der Waals surface area contributed by atoms with Gasteiger partial charge in [-0.2, -0.15) is 0 Å². The van der Waals surface area contributed by atoms with E-state index < -0.39 is 5.97 Å². The highest BCUT2D eigenvalue weighted by atomic mass is 32.1. The zero-order valence-corrected chi connectivity index (χ0v) is 17.8. The summed E-state index contributed by atoms with van der Waals surface area (Å²) in [6.07, 6.45) is 0. The van der Waals surface area contributed by atoms with Gasteiger partial charge in [0, 0.05) is 26.2 Å². The van der Waals surface area contributed by atoms with Crippen LogP contribution in [0, 0.1) is 0 Å². The van der Waals surface area contributed by atoms with Crippen molar-refractivity contribution in [2.45, 2.75) is 6.92 Å². The van der Waals surface area contributed by atoms with E-state index in [1.807, 2.05) is 18.4 Å². The monoisotopic (exact) mass is 432 g/mol. The maximum Gasteiger partial charge on any atom is 0.338 e. The lowest BCUT2D eigenvalue weighted by atomic mass is 10.2. The summed E-state index contributed by atoms with van der Waals surface area (Å²) in [5.41, 5.74) is 0.276. The van der Waals surface area contributed by atoms with E-state index in [9.17, 15) is 14.4 Å². The number of carbonyl (C=O) groups excluding carboxylic acids is 3. The van der Waals surface area contributed by atoms with E-state index in [1.165, 1.54) is 24.5 Å². The molecule has 0 radical (unpaired) electrons. The molecule has 160 valence electrons. The van der Waals surface area contributed by atoms with Gasteiger partial charge < -0.3 is 24.0 Å². The molecular weight excluding hydrogens is 408 g/mol. The Bertz CT molecular complexity index is 891. The predicted octanol–water partition coefficient (Wildman–Crippen LogP) is 2.30. The van der Waals surface area contributed by atoms with Crippen LogP contribution in [0.5, 0.6) is 11.5 Å². The smallest absolute Gasteiger partial charge is 0.338 e. The van der Waals surface area contributed by atoms with E-state index in [2.05, 4.69) is 0 Å². The molecule has 1 aliphatic heterocycles. The van der Waals surface area contributed by atoms with E-state index in [0.717, 1.165) is 0 Å². The second-order valence-electron chi connectivity index (χ2n) is 6.53. The summed E-state index contributed by atoms with van der Waals surface area (Å²) in [4.78, 5) is 41.1. The van der Waals surface area contributed by atoms with Gasteiger partial charge in [-0.05, 0) is 36.6 Å². The molecule has 1 aromatic carbocycles. The van der Waals surface area contributed by atoms with Crippen LogP contribution < -0.4 is 9.47 Å². The van der Waals surface area contributed by atoms with Crippen molar-refractivity contribution in [3.63, 3.8) is 0 Å². The fourth-order valence-corrected chi connectivity index (χ4v) is 3.78. The Morgan fingerprint density at radius 3 is 2.40 bits per heavy atom. The Morgan fingerprint density at radius 2 is 1.77 bits per heavy atom. The minimum Gasteiger partial charge on any atom is -0.493 e. The molecule has 0 aliphatic carbocycles. The molecule has 30 heavy (non-hydrogen) atoms. The Balaban J connectivity index is 1.49. The zero-order valence-electron chi connectivity index (χ0n) is 17.0. The van der Waals surface area contributed by atoms with Gasteiger partial charge in [-0.1, -0.05) is 6.07 Å². The maximum absolute atomic E-state index is 12.4. The number of thiophene rings is 1. The number of carbonyl (C=O) groups is 3. The number of ether oxygens (including phenoxy) is 3. The van der Waals surface area contributed by atoms with E-state index in [0.29, 0.717) is 49.2 Å². The molecule has 0 bridgehead atoms. The van der Waals surface area contributed by atoms with Gasteiger partial charge in [0.1, 0.15) is 0 Å². The van der Waals surface area contributed by atoms with Crippen molar-refractivity contribution in [1.82, 2.24) is 9.80 Å². The molecule has 0 atom stereocenters. The van der Waals surface area contributed by atoms with Crippen LogP contribution in [-0.4, -0.2) is 74.1 Å². The van der Waals surface area contributed by atoms with Crippen molar-refractivity contribution in [2.75, 3.05) is 46.5 Å². The molecule has 1 fully saturated rings. The van der Waals surface area contributed by atoms with Gasteiger partial charge in [0.05, 0.1) is 24.2 Å². The first kappa shape index (κ1) is 21.6. The van der Waals surface area contributed by atoms with Gasteiger partial charge in [0.25, 0.3) is 11.8 Å². The zero-order chi connectivity index (χ0) is 21.5. The lowest BCUT2D eigenvalue weighted by Gasteiger charge is -2.34. The van der Waals surface area contributed by atoms with Gasteiger partial charge >= 0.3 is 5.97 Å². The normalized spacial score (nSPS) is 13.7. The van der Waals surface area contributed by atoms with Crippen LogP contribution in [0.15, 0.2) is 35.7 Å². The van der Waals surface area contributed by atoms with E-state index >= 15 is 0 Å². The third-order valence-corrected chi connectivity index (χ3v) is 5.54. The number of methoxy groups -OCH3 is 1. The number of hydrogen-bond donors (Lipinski definition) is 0. The fourth-order valence-electron chi connectivity index (χ4n) is 3.09. The first-order valence-electron chi connectivity index (χ1n) is 9.62. The minimum absolute atomic E-state index is 0.0202. The number of rotatable bonds is 7. The summed E-state index contributed by atoms with van der Waals surface area (Å²) in [5.74, 6) is 0.0310. The second kappa shape index (κ2) is 10.1. The van der Waals surface area contributed by atoms with Crippen LogP contribution in [-0.2, 0) is 9.53 Å². The molecule has 2 amide bonds. The van der Waals surface area contributed by atoms with Crippen LogP contribution in [0.4, 0.5) is 0 Å². The van der Waals surface area contributed by atoms with Gasteiger partial charge in [-0.3, -0.25) is 9.59 Å². The Labute approximate surface area is 178 Å². The van der Waals surface area contributed by atoms with Crippen LogP contribution in [0.3, 0.4) is 0 Å². The molecule has 0 unspecified atom stereocenters. The van der Waals surface area contributed by atoms with Crippen molar-refractivity contribution in [1.29, 1.82) is 0 Å². The molecule has 0 N–H and O–H groups in total. The molecule has 1 aromatic heterocycles. The number of esters is 1. The van der Waals surface area contributed by atoms with E-state index in [4.69, 9.17) is 14.2 Å². The average Bonchev–Trinajstić information content (AvgIpc) is 3.32. The van der Waals surface area contributed by atoms with Crippen LogP contribution >= 0.6 is 11.3 Å². The van der Waals surface area contributed by atoms with Crippen molar-refractivity contribution in [3.8, 4) is 11.5 Å². The van der Waals surface area contributed by atoms with Crippen molar-refractivity contribution in [3.05, 3.63) is 46.2 Å². The third-order valence-electron chi connectivity index (χ3n) is 4.68. The summed E-state index contributed by atoms with van der Waals surface area (Å²) in [5, 5.41) is 1.86. The number of nitrogens with zero attached hydrogens (tertiary/aromatic N) is 2. The highest BCUT2D eigenvalue weighted by Crippen LogP contribution is 2.28. The van der Waals surface area contributed by atoms with Gasteiger partial charge in [0.2, 0.25) is 0 Å². The second-order valence-corrected chi connectivity index (χ2v) is 7.47. The van der Waals surface area contributed by atoms with Crippen LogP contribution in [0.2, 0.25) is 0 Å². The van der Waals surface area contributed by atoms with E-state index in [1.54, 1.807) is 28.0 Å². The number of hydrogen-bond acceptors (Lipinski definition) is 7. The Kier molecular flexibility index (Phi) is 7.29. The lowest BCUT2D eigenvalue weighted by Crippen LogP contribution is -2.51. The first-order valence-corrected chi connectivity index (χ1v) is 10.5. The van der Waals surface area contributed by atoms with Crippen molar-refractivity contribution < 1.29 is 28.6 Å². The SMILES string of the molecule is CCOc1cc(C(=O)OCC(=O)N2CCN(C(=O)c3cccs3)CC2)ccc1OC. The van der Waals surface area contributed by atoms with Crippen LogP contribution in [0.25, 0.3) is 0 Å². The minimum atomic E-state index is -0.613. The Hall–Kier alpha value is -3.07.